The fraction of sp³-hybridized carbons (Fsp3) is 0.667. The molecule has 1 unspecified atom stereocenters. The lowest BCUT2D eigenvalue weighted by Crippen LogP contribution is -2.36. The standard InChI is InChI=1S/C15H23N3O4S/c19-23(20,12-14-2-1-7-22-14)17-11-13-3-4-15(16-10-13)18-5-8-21-9-6-18/h3-4,10,14,17H,1-2,5-9,11-12H2. The van der Waals surface area contributed by atoms with Crippen molar-refractivity contribution in [2.24, 2.45) is 0 Å². The van der Waals surface area contributed by atoms with E-state index in [0.717, 1.165) is 37.3 Å². The van der Waals surface area contributed by atoms with Gasteiger partial charge in [-0.2, -0.15) is 0 Å². The van der Waals surface area contributed by atoms with Crippen LogP contribution in [0.3, 0.4) is 0 Å². The summed E-state index contributed by atoms with van der Waals surface area (Å²) < 4.78 is 37.4. The second-order valence-electron chi connectivity index (χ2n) is 5.86. The van der Waals surface area contributed by atoms with Gasteiger partial charge in [-0.1, -0.05) is 6.07 Å². The number of hydrogen-bond donors (Lipinski definition) is 1. The maximum Gasteiger partial charge on any atom is 0.214 e. The highest BCUT2D eigenvalue weighted by atomic mass is 32.2. The molecule has 2 aliphatic rings. The topological polar surface area (TPSA) is 80.8 Å². The minimum Gasteiger partial charge on any atom is -0.378 e. The summed E-state index contributed by atoms with van der Waals surface area (Å²) >= 11 is 0. The maximum atomic E-state index is 12.0. The van der Waals surface area contributed by atoms with Gasteiger partial charge in [0, 0.05) is 32.4 Å². The van der Waals surface area contributed by atoms with Crippen molar-refractivity contribution in [3.63, 3.8) is 0 Å². The van der Waals surface area contributed by atoms with E-state index in [1.165, 1.54) is 0 Å². The first-order valence-electron chi connectivity index (χ1n) is 7.99. The molecule has 23 heavy (non-hydrogen) atoms. The second kappa shape index (κ2) is 7.57. The Bertz CT molecular complexity index is 594. The molecular formula is C15H23N3O4S. The zero-order valence-corrected chi connectivity index (χ0v) is 13.9. The first-order valence-corrected chi connectivity index (χ1v) is 9.64. The smallest absolute Gasteiger partial charge is 0.214 e. The van der Waals surface area contributed by atoms with E-state index in [0.29, 0.717) is 19.8 Å². The zero-order valence-electron chi connectivity index (χ0n) is 13.1. The maximum absolute atomic E-state index is 12.0. The molecule has 3 heterocycles. The molecule has 1 aromatic heterocycles. The van der Waals surface area contributed by atoms with Gasteiger partial charge in [-0.3, -0.25) is 0 Å². The van der Waals surface area contributed by atoms with Crippen molar-refractivity contribution in [1.82, 2.24) is 9.71 Å². The molecule has 0 spiro atoms. The lowest BCUT2D eigenvalue weighted by atomic mass is 10.3. The summed E-state index contributed by atoms with van der Waals surface area (Å²) in [6, 6.07) is 3.83. The van der Waals surface area contributed by atoms with Gasteiger partial charge >= 0.3 is 0 Å². The molecule has 0 radical (unpaired) electrons. The van der Waals surface area contributed by atoms with Crippen LogP contribution in [0.1, 0.15) is 18.4 Å². The Kier molecular flexibility index (Phi) is 5.47. The third-order valence-electron chi connectivity index (χ3n) is 4.07. The van der Waals surface area contributed by atoms with Crippen LogP contribution in [0.4, 0.5) is 5.82 Å². The van der Waals surface area contributed by atoms with Crippen molar-refractivity contribution >= 4 is 15.8 Å². The minimum absolute atomic E-state index is 0.0340. The van der Waals surface area contributed by atoms with Gasteiger partial charge in [-0.15, -0.1) is 0 Å². The number of aromatic nitrogens is 1. The number of nitrogens with one attached hydrogen (secondary N) is 1. The van der Waals surface area contributed by atoms with Crippen LogP contribution in [0.2, 0.25) is 0 Å². The molecule has 1 atom stereocenters. The van der Waals surface area contributed by atoms with Gasteiger partial charge in [0.15, 0.2) is 0 Å². The summed E-state index contributed by atoms with van der Waals surface area (Å²) in [5, 5.41) is 0. The summed E-state index contributed by atoms with van der Waals surface area (Å²) in [5.41, 5.74) is 0.845. The predicted molar refractivity (Wildman–Crippen MR) is 86.9 cm³/mol. The third-order valence-corrected chi connectivity index (χ3v) is 5.46. The van der Waals surface area contributed by atoms with Gasteiger partial charge in [0.25, 0.3) is 0 Å². The highest BCUT2D eigenvalue weighted by molar-refractivity contribution is 7.89. The number of rotatable bonds is 6. The average molecular weight is 341 g/mol. The molecule has 2 fully saturated rings. The molecule has 8 heteroatoms. The Balaban J connectivity index is 1.51. The number of morpholine rings is 1. The monoisotopic (exact) mass is 341 g/mol. The molecule has 2 saturated heterocycles. The molecule has 0 bridgehead atoms. The zero-order chi connectivity index (χ0) is 16.1. The van der Waals surface area contributed by atoms with Crippen LogP contribution in [0.25, 0.3) is 0 Å². The molecule has 128 valence electrons. The second-order valence-corrected chi connectivity index (χ2v) is 7.71. The van der Waals surface area contributed by atoms with Gasteiger partial charge in [0.05, 0.1) is 25.1 Å². The van der Waals surface area contributed by atoms with Gasteiger partial charge < -0.3 is 14.4 Å². The van der Waals surface area contributed by atoms with Gasteiger partial charge in [0.2, 0.25) is 10.0 Å². The highest BCUT2D eigenvalue weighted by Crippen LogP contribution is 2.15. The Labute approximate surface area is 137 Å². The molecule has 1 aromatic rings. The van der Waals surface area contributed by atoms with Crippen molar-refractivity contribution < 1.29 is 17.9 Å². The first kappa shape index (κ1) is 16.6. The SMILES string of the molecule is O=S(=O)(CC1CCCO1)NCc1ccc(N2CCOCC2)nc1. The highest BCUT2D eigenvalue weighted by Gasteiger charge is 2.23. The van der Waals surface area contributed by atoms with Crippen molar-refractivity contribution in [2.45, 2.75) is 25.5 Å². The van der Waals surface area contributed by atoms with Crippen LogP contribution < -0.4 is 9.62 Å². The van der Waals surface area contributed by atoms with E-state index in [4.69, 9.17) is 9.47 Å². The fourth-order valence-corrected chi connectivity index (χ4v) is 4.03. The first-order chi connectivity index (χ1) is 11.1. The van der Waals surface area contributed by atoms with E-state index in [2.05, 4.69) is 14.6 Å². The molecule has 0 saturated carbocycles. The predicted octanol–water partition coefficient (Wildman–Crippen LogP) is 0.517. The normalized spacial score (nSPS) is 22.4. The number of pyridine rings is 1. The van der Waals surface area contributed by atoms with E-state index in [1.54, 1.807) is 6.20 Å². The molecule has 0 aromatic carbocycles. The van der Waals surface area contributed by atoms with Crippen molar-refractivity contribution in [2.75, 3.05) is 43.6 Å². The van der Waals surface area contributed by atoms with Crippen LogP contribution in [0.5, 0.6) is 0 Å². The Hall–Kier alpha value is -1.22. The molecule has 2 aliphatic heterocycles. The number of ether oxygens (including phenoxy) is 2. The molecule has 1 N–H and O–H groups in total. The van der Waals surface area contributed by atoms with Crippen LogP contribution in [-0.2, 0) is 26.0 Å². The lowest BCUT2D eigenvalue weighted by Gasteiger charge is -2.27. The van der Waals surface area contributed by atoms with Crippen LogP contribution in [-0.4, -0.2) is 58.2 Å². The van der Waals surface area contributed by atoms with Gasteiger partial charge in [0.1, 0.15) is 5.82 Å². The number of sulfonamides is 1. The lowest BCUT2D eigenvalue weighted by molar-refractivity contribution is 0.122. The largest absolute Gasteiger partial charge is 0.378 e. The van der Waals surface area contributed by atoms with Crippen LogP contribution in [0.15, 0.2) is 18.3 Å². The summed E-state index contributed by atoms with van der Waals surface area (Å²) in [4.78, 5) is 6.58. The quantitative estimate of drug-likeness (QED) is 0.812. The Morgan fingerprint density at radius 3 is 2.74 bits per heavy atom. The third kappa shape index (κ3) is 4.87. The summed E-state index contributed by atoms with van der Waals surface area (Å²) in [6.07, 6.45) is 3.30. The van der Waals surface area contributed by atoms with Gasteiger partial charge in [-0.25, -0.2) is 18.1 Å². The molecule has 0 amide bonds. The Morgan fingerprint density at radius 1 is 1.26 bits per heavy atom. The Morgan fingerprint density at radius 2 is 2.09 bits per heavy atom. The van der Waals surface area contributed by atoms with E-state index in [1.807, 2.05) is 12.1 Å². The summed E-state index contributed by atoms with van der Waals surface area (Å²) in [6.45, 7) is 4.01. The number of nitrogens with zero attached hydrogens (tertiary/aromatic N) is 2. The minimum atomic E-state index is -3.32. The van der Waals surface area contributed by atoms with Crippen molar-refractivity contribution in [3.8, 4) is 0 Å². The van der Waals surface area contributed by atoms with Crippen LogP contribution >= 0.6 is 0 Å². The molecular weight excluding hydrogens is 318 g/mol. The molecule has 7 nitrogen and oxygen atoms in total. The summed E-state index contributed by atoms with van der Waals surface area (Å²) in [5.74, 6) is 0.936. The molecule has 0 aliphatic carbocycles. The van der Waals surface area contributed by atoms with E-state index >= 15 is 0 Å². The summed E-state index contributed by atoms with van der Waals surface area (Å²) in [7, 11) is -3.32. The molecule has 3 rings (SSSR count). The van der Waals surface area contributed by atoms with E-state index < -0.39 is 10.0 Å². The fourth-order valence-electron chi connectivity index (χ4n) is 2.77. The van der Waals surface area contributed by atoms with Crippen molar-refractivity contribution in [3.05, 3.63) is 23.9 Å². The van der Waals surface area contributed by atoms with E-state index in [-0.39, 0.29) is 18.4 Å². The van der Waals surface area contributed by atoms with E-state index in [9.17, 15) is 8.42 Å². The number of hydrogen-bond acceptors (Lipinski definition) is 6. The number of anilines is 1. The average Bonchev–Trinajstić information content (AvgIpc) is 3.07. The van der Waals surface area contributed by atoms with Gasteiger partial charge in [-0.05, 0) is 24.5 Å². The van der Waals surface area contributed by atoms with Crippen LogP contribution in [0, 0.1) is 0 Å². The van der Waals surface area contributed by atoms with Crippen molar-refractivity contribution in [1.29, 1.82) is 0 Å².